The Balaban J connectivity index is 1.46. The molecule has 5 rings (SSSR count). The van der Waals surface area contributed by atoms with E-state index in [1.807, 2.05) is 43.0 Å². The van der Waals surface area contributed by atoms with Gasteiger partial charge in [-0.2, -0.15) is 9.29 Å². The average Bonchev–Trinajstić information content (AvgIpc) is 3.54. The van der Waals surface area contributed by atoms with Crippen LogP contribution >= 0.6 is 0 Å². The maximum atomic E-state index is 13.9. The number of aromatic nitrogens is 4. The predicted octanol–water partition coefficient (Wildman–Crippen LogP) is 1.77. The molecule has 0 spiro atoms. The highest BCUT2D eigenvalue weighted by molar-refractivity contribution is 7.89. The van der Waals surface area contributed by atoms with Gasteiger partial charge >= 0.3 is 0 Å². The van der Waals surface area contributed by atoms with Gasteiger partial charge < -0.3 is 19.7 Å². The standard InChI is InChI=1S/C29H38N8O5S/c1-6-27(34(4)5)43(39,40)36-11-12-37(26-16-22(20(2)3)32-29(33-26)35-10-9-30-19-35)23(18-36)28(38)31-17-21-7-8-24-25(15-21)42-14-13-41-24/h6-10,15-16,19-20,23,27H,1,11-14,17-18H2,2-5H3,(H,31,38). The van der Waals surface area contributed by atoms with E-state index < -0.39 is 21.4 Å². The summed E-state index contributed by atoms with van der Waals surface area (Å²) in [6.07, 6.45) is 6.41. The van der Waals surface area contributed by atoms with Crippen molar-refractivity contribution in [2.24, 2.45) is 0 Å². The minimum atomic E-state index is -3.83. The number of hydrogen-bond donors (Lipinski definition) is 1. The second-order valence-corrected chi connectivity index (χ2v) is 13.0. The molecule has 2 aromatic heterocycles. The number of carbonyl (C=O) groups is 1. The lowest BCUT2D eigenvalue weighted by molar-refractivity contribution is -0.123. The van der Waals surface area contributed by atoms with Crippen LogP contribution in [-0.2, 0) is 21.4 Å². The Hall–Kier alpha value is -4.01. The number of imidazole rings is 1. The summed E-state index contributed by atoms with van der Waals surface area (Å²) in [6, 6.07) is 6.53. The molecule has 1 fully saturated rings. The Kier molecular flexibility index (Phi) is 8.99. The van der Waals surface area contributed by atoms with Gasteiger partial charge in [0.2, 0.25) is 21.9 Å². The summed E-state index contributed by atoms with van der Waals surface area (Å²) in [6.45, 7) is 9.33. The minimum absolute atomic E-state index is 0.0606. The Morgan fingerprint density at radius 2 is 1.93 bits per heavy atom. The summed E-state index contributed by atoms with van der Waals surface area (Å²) < 4.78 is 41.6. The minimum Gasteiger partial charge on any atom is -0.486 e. The lowest BCUT2D eigenvalue weighted by Gasteiger charge is -2.42. The third-order valence-electron chi connectivity index (χ3n) is 7.44. The van der Waals surface area contributed by atoms with Crippen molar-refractivity contribution in [3.8, 4) is 17.4 Å². The summed E-state index contributed by atoms with van der Waals surface area (Å²) in [5.74, 6) is 2.00. The van der Waals surface area contributed by atoms with E-state index in [0.29, 0.717) is 36.5 Å². The van der Waals surface area contributed by atoms with Crippen LogP contribution in [0.3, 0.4) is 0 Å². The number of hydrogen-bond acceptors (Lipinski definition) is 10. The molecule has 43 heavy (non-hydrogen) atoms. The molecule has 2 atom stereocenters. The molecule has 1 N–H and O–H groups in total. The number of ether oxygens (including phenoxy) is 2. The molecule has 0 saturated carbocycles. The molecule has 2 aliphatic heterocycles. The molecular formula is C29H38N8O5S. The summed E-state index contributed by atoms with van der Waals surface area (Å²) >= 11 is 0. The molecule has 1 aromatic carbocycles. The van der Waals surface area contributed by atoms with Crippen LogP contribution in [0.2, 0.25) is 0 Å². The number of sulfonamides is 1. The highest BCUT2D eigenvalue weighted by Gasteiger charge is 2.41. The van der Waals surface area contributed by atoms with Gasteiger partial charge in [-0.15, -0.1) is 6.58 Å². The second-order valence-electron chi connectivity index (χ2n) is 11.0. The molecule has 3 aromatic rings. The molecule has 13 nitrogen and oxygen atoms in total. The second kappa shape index (κ2) is 12.7. The van der Waals surface area contributed by atoms with E-state index >= 15 is 0 Å². The van der Waals surface area contributed by atoms with Crippen LogP contribution in [0.4, 0.5) is 5.82 Å². The first kappa shape index (κ1) is 30.4. The van der Waals surface area contributed by atoms with Crippen molar-refractivity contribution in [2.75, 3.05) is 51.8 Å². The first-order valence-corrected chi connectivity index (χ1v) is 15.7. The van der Waals surface area contributed by atoms with Crippen LogP contribution in [0.15, 0.2) is 55.6 Å². The number of rotatable bonds is 10. The largest absolute Gasteiger partial charge is 0.486 e. The van der Waals surface area contributed by atoms with Crippen LogP contribution in [-0.4, -0.2) is 101 Å². The van der Waals surface area contributed by atoms with Crippen molar-refractivity contribution < 1.29 is 22.7 Å². The molecule has 0 aliphatic carbocycles. The van der Waals surface area contributed by atoms with E-state index in [-0.39, 0.29) is 38.0 Å². The van der Waals surface area contributed by atoms with Gasteiger partial charge in [0.05, 0.1) is 5.69 Å². The summed E-state index contributed by atoms with van der Waals surface area (Å²) in [5.41, 5.74) is 1.62. The van der Waals surface area contributed by atoms with Gasteiger partial charge in [0.15, 0.2) is 11.5 Å². The van der Waals surface area contributed by atoms with E-state index in [1.165, 1.54) is 10.4 Å². The lowest BCUT2D eigenvalue weighted by atomic mass is 10.1. The number of fused-ring (bicyclic) bond motifs is 1. The zero-order valence-corrected chi connectivity index (χ0v) is 25.7. The fraction of sp³-hybridized carbons (Fsp3) is 0.448. The molecule has 14 heteroatoms. The zero-order valence-electron chi connectivity index (χ0n) is 24.9. The van der Waals surface area contributed by atoms with Crippen molar-refractivity contribution >= 4 is 21.7 Å². The maximum absolute atomic E-state index is 13.9. The van der Waals surface area contributed by atoms with Gasteiger partial charge in [-0.3, -0.25) is 14.3 Å². The number of carbonyl (C=O) groups excluding carboxylic acids is 1. The van der Waals surface area contributed by atoms with Crippen molar-refractivity contribution in [3.05, 3.63) is 66.9 Å². The molecule has 1 saturated heterocycles. The van der Waals surface area contributed by atoms with E-state index in [9.17, 15) is 13.2 Å². The van der Waals surface area contributed by atoms with E-state index in [1.54, 1.807) is 42.3 Å². The summed E-state index contributed by atoms with van der Waals surface area (Å²) in [4.78, 5) is 30.9. The van der Waals surface area contributed by atoms with Crippen molar-refractivity contribution in [1.29, 1.82) is 0 Å². The van der Waals surface area contributed by atoms with Gasteiger partial charge in [-0.25, -0.2) is 18.4 Å². The van der Waals surface area contributed by atoms with Crippen LogP contribution < -0.4 is 19.7 Å². The topological polar surface area (TPSA) is 135 Å². The smallest absolute Gasteiger partial charge is 0.244 e. The van der Waals surface area contributed by atoms with Crippen molar-refractivity contribution in [3.63, 3.8) is 0 Å². The van der Waals surface area contributed by atoms with Gasteiger partial charge in [-0.05, 0) is 37.7 Å². The van der Waals surface area contributed by atoms with Gasteiger partial charge in [0.25, 0.3) is 0 Å². The van der Waals surface area contributed by atoms with Gasteiger partial charge in [0.1, 0.15) is 36.8 Å². The average molecular weight is 611 g/mol. The molecule has 4 heterocycles. The number of nitrogens with zero attached hydrogens (tertiary/aromatic N) is 7. The monoisotopic (exact) mass is 610 g/mol. The van der Waals surface area contributed by atoms with Crippen molar-refractivity contribution in [2.45, 2.75) is 37.7 Å². The first-order chi connectivity index (χ1) is 20.6. The number of benzene rings is 1. The van der Waals surface area contributed by atoms with Crippen LogP contribution in [0.25, 0.3) is 5.95 Å². The predicted molar refractivity (Wildman–Crippen MR) is 162 cm³/mol. The number of likely N-dealkylation sites (N-methyl/N-ethyl adjacent to an activating group) is 1. The van der Waals surface area contributed by atoms with E-state index in [4.69, 9.17) is 19.4 Å². The normalized spacial score (nSPS) is 18.1. The Bertz CT molecular complexity index is 1560. The fourth-order valence-corrected chi connectivity index (χ4v) is 6.89. The molecule has 0 radical (unpaired) electrons. The molecule has 0 bridgehead atoms. The van der Waals surface area contributed by atoms with E-state index in [2.05, 4.69) is 16.9 Å². The van der Waals surface area contributed by atoms with Crippen LogP contribution in [0, 0.1) is 0 Å². The van der Waals surface area contributed by atoms with Crippen LogP contribution in [0.1, 0.15) is 31.0 Å². The van der Waals surface area contributed by atoms with Crippen molar-refractivity contribution in [1.82, 2.24) is 34.0 Å². The van der Waals surface area contributed by atoms with Gasteiger partial charge in [-0.1, -0.05) is 26.0 Å². The number of amides is 1. The Labute approximate surface area is 252 Å². The zero-order chi connectivity index (χ0) is 30.7. The molecule has 2 aliphatic rings. The summed E-state index contributed by atoms with van der Waals surface area (Å²) in [7, 11) is -0.461. The highest BCUT2D eigenvalue weighted by atomic mass is 32.2. The quantitative estimate of drug-likeness (QED) is 0.339. The number of nitrogens with one attached hydrogen (secondary N) is 1. The lowest BCUT2D eigenvalue weighted by Crippen LogP contribution is -2.62. The third kappa shape index (κ3) is 6.50. The third-order valence-corrected chi connectivity index (χ3v) is 9.71. The maximum Gasteiger partial charge on any atom is 0.244 e. The fourth-order valence-electron chi connectivity index (χ4n) is 5.12. The number of anilines is 1. The Morgan fingerprint density at radius 3 is 2.60 bits per heavy atom. The molecule has 2 unspecified atom stereocenters. The Morgan fingerprint density at radius 1 is 1.16 bits per heavy atom. The van der Waals surface area contributed by atoms with Crippen LogP contribution in [0.5, 0.6) is 11.5 Å². The molecule has 230 valence electrons. The highest BCUT2D eigenvalue weighted by Crippen LogP contribution is 2.31. The van der Waals surface area contributed by atoms with E-state index in [0.717, 1.165) is 11.3 Å². The molecule has 1 amide bonds. The number of piperazine rings is 1. The first-order valence-electron chi connectivity index (χ1n) is 14.2. The SMILES string of the molecule is C=CC(N(C)C)S(=O)(=O)N1CCN(c2cc(C(C)C)nc(-n3ccnc3)n2)C(C(=O)NCc2ccc3c(c2)OCCO3)C1. The van der Waals surface area contributed by atoms with Gasteiger partial charge in [0, 0.05) is 44.6 Å². The molecular weight excluding hydrogens is 572 g/mol. The summed E-state index contributed by atoms with van der Waals surface area (Å²) in [5, 5.41) is 2.07.